The lowest BCUT2D eigenvalue weighted by atomic mass is 10.1. The molecule has 1 aliphatic carbocycles. The molecule has 1 fully saturated rings. The molecule has 12 aromatic rings. The zero-order valence-electron chi connectivity index (χ0n) is 67.1. The first-order chi connectivity index (χ1) is 56.3. The van der Waals surface area contributed by atoms with E-state index >= 15 is 0 Å². The molecular weight excluding hydrogens is 1680 g/mol. The number of halogens is 8. The second kappa shape index (κ2) is 38.3. The standard InChI is InChI=1S/C22H26F3N6OP.C20H22F3N6O3P.C18H22ClN6OP.C16H17ClN7O2P/c1-33(2,32)14-15-4-3-5-18(10-15)29-21-27-12-19(22(23,24)25)20(30-21)16-11-28-31(13-16)9-8-26-17-6-7-17;1-11-15(18(30)32-3)17(28-29(11)2)26-16-14(20(21,22)23)10-24-19(27-16)25-12-6-8-13(9-7-12)33(4,5)31;1-11(2)15-9-16(25-24-15)22-17-14(19)10-20-18(23-17)21-12-5-7-13(8-6-12)27(3,4)26;1-27(2,26)10-5-3-9(4-6-10)22-16-19-7-11(17)14(24-16)23-15-12(13(18)25)20-8-21-15/h3-5,10-13,17,26H,6-9,14H2,1-2H3,(H,27,29,30);6-10H,1-5H3,(H2,24,25,26,27,28);5-11H,1-4H3,(H3,20,21,22,23,24,25);3-8H,1-2H3,(H2,18,25)(H,20,21)(H2,19,22,23,24). The molecule has 8 heterocycles. The average molecular weight is 1770 g/mol. The second-order valence-corrected chi connectivity index (χ2v) is 43.1. The molecule has 1 saturated carbocycles. The van der Waals surface area contributed by atoms with E-state index in [0.717, 1.165) is 59.4 Å². The summed E-state index contributed by atoms with van der Waals surface area (Å²) < 4.78 is 138. The summed E-state index contributed by atoms with van der Waals surface area (Å²) in [5.41, 5.74) is 8.24. The van der Waals surface area contributed by atoms with Gasteiger partial charge >= 0.3 is 18.3 Å². The Morgan fingerprint density at radius 2 is 1.08 bits per heavy atom. The van der Waals surface area contributed by atoms with Crippen molar-refractivity contribution >= 4 is 161 Å². The van der Waals surface area contributed by atoms with Gasteiger partial charge in [0.05, 0.1) is 57.1 Å². The normalized spacial score (nSPS) is 12.4. The number of esters is 1. The summed E-state index contributed by atoms with van der Waals surface area (Å²) >= 11 is 12.3. The van der Waals surface area contributed by atoms with Crippen LogP contribution in [0, 0.1) is 6.92 Å². The van der Waals surface area contributed by atoms with Gasteiger partial charge in [-0.05, 0) is 169 Å². The molecule has 0 aliphatic heterocycles. The molecule has 44 heteroatoms. The highest BCUT2D eigenvalue weighted by atomic mass is 35.5. The van der Waals surface area contributed by atoms with Crippen molar-refractivity contribution in [2.24, 2.45) is 12.8 Å². The van der Waals surface area contributed by atoms with Crippen LogP contribution in [0.4, 0.5) is 108 Å². The van der Waals surface area contributed by atoms with E-state index in [1.165, 1.54) is 29.6 Å². The van der Waals surface area contributed by atoms with Crippen LogP contribution >= 0.6 is 51.8 Å². The van der Waals surface area contributed by atoms with E-state index in [1.807, 2.05) is 36.4 Å². The summed E-state index contributed by atoms with van der Waals surface area (Å²) in [4.78, 5) is 62.9. The highest BCUT2D eigenvalue weighted by molar-refractivity contribution is 7.70. The van der Waals surface area contributed by atoms with Gasteiger partial charge in [-0.15, -0.1) is 0 Å². The van der Waals surface area contributed by atoms with E-state index in [0.29, 0.717) is 82.4 Å². The van der Waals surface area contributed by atoms with Crippen LogP contribution in [0.3, 0.4) is 0 Å². The predicted molar refractivity (Wildman–Crippen MR) is 459 cm³/mol. The minimum Gasteiger partial charge on any atom is -0.465 e. The Kier molecular flexibility index (Phi) is 29.1. The number of aromatic nitrogens is 16. The van der Waals surface area contributed by atoms with Gasteiger partial charge in [0.1, 0.15) is 59.7 Å². The highest BCUT2D eigenvalue weighted by Gasteiger charge is 2.38. The summed E-state index contributed by atoms with van der Waals surface area (Å²) in [6.07, 6.45) is 2.02. The predicted octanol–water partition coefficient (Wildman–Crippen LogP) is 16.4. The van der Waals surface area contributed by atoms with Crippen molar-refractivity contribution < 1.29 is 58.9 Å². The summed E-state index contributed by atoms with van der Waals surface area (Å²) in [7, 11) is -6.61. The first-order valence-electron chi connectivity index (χ1n) is 36.5. The van der Waals surface area contributed by atoms with E-state index < -0.39 is 69.7 Å². The SMILES string of the molecule is CC(C)c1cc(Nc2nc(Nc3ccc(P(C)(C)=O)cc3)ncc2Cl)n[nH]1.COC(=O)c1c(Nc2nc(Nc3ccc(P(C)(C)=O)cc3)ncc2C(F)(F)F)nn(C)c1C.CP(C)(=O)Cc1cccc(Nc2ncc(C(F)(F)F)c(-c3cnn(CCNC4CC4)c3)n2)c1.CP(C)(=O)c1ccc(Nc2ncc(Cl)c(Nc3nc[nH]c3C(N)=O)n2)cc1. The number of methoxy groups -OCH3 is 1. The fraction of sp³-hybridized carbons (Fsp3) is 0.289. The van der Waals surface area contributed by atoms with Crippen LogP contribution in [0.2, 0.25) is 10.0 Å². The number of ether oxygens (including phenoxy) is 1. The zero-order chi connectivity index (χ0) is 87.4. The third kappa shape index (κ3) is 25.8. The molecule has 0 unspecified atom stereocenters. The number of H-pyrrole nitrogens is 2. The quantitative estimate of drug-likeness (QED) is 0.0129. The molecule has 0 atom stereocenters. The van der Waals surface area contributed by atoms with Gasteiger partial charge < -0.3 is 76.2 Å². The summed E-state index contributed by atoms with van der Waals surface area (Å²) in [5.74, 6) is 0.340. The molecule has 0 bridgehead atoms. The monoisotopic (exact) mass is 1770 g/mol. The highest BCUT2D eigenvalue weighted by Crippen LogP contribution is 2.43. The van der Waals surface area contributed by atoms with Gasteiger partial charge in [0.25, 0.3) is 5.91 Å². The number of imidazole rings is 1. The first kappa shape index (κ1) is 90.9. The van der Waals surface area contributed by atoms with Gasteiger partial charge in [-0.25, -0.2) is 34.7 Å². The second-order valence-electron chi connectivity index (χ2n) is 29.2. The number of benzene rings is 4. The Hall–Kier alpha value is -11.4. The Balaban J connectivity index is 0.000000169. The van der Waals surface area contributed by atoms with Gasteiger partial charge in [0.15, 0.2) is 29.1 Å². The van der Waals surface area contributed by atoms with Crippen molar-refractivity contribution in [3.05, 3.63) is 196 Å². The van der Waals surface area contributed by atoms with Crippen molar-refractivity contribution in [3.8, 4) is 11.3 Å². The number of carbonyl (C=O) groups is 2. The molecular formula is C76H87Cl2F6N25O7P4. The number of amides is 1. The smallest absolute Gasteiger partial charge is 0.421 e. The fourth-order valence-electron chi connectivity index (χ4n) is 11.0. The molecule has 634 valence electrons. The van der Waals surface area contributed by atoms with Crippen molar-refractivity contribution in [1.29, 1.82) is 0 Å². The molecule has 1 aliphatic rings. The molecule has 32 nitrogen and oxygen atoms in total. The lowest BCUT2D eigenvalue weighted by molar-refractivity contribution is -0.138. The third-order valence-corrected chi connectivity index (χ3v) is 23.8. The van der Waals surface area contributed by atoms with Crippen LogP contribution in [0.1, 0.15) is 81.5 Å². The van der Waals surface area contributed by atoms with Crippen LogP contribution in [0.5, 0.6) is 0 Å². The average Bonchev–Trinajstić information content (AvgIpc) is 1.63. The van der Waals surface area contributed by atoms with Crippen LogP contribution < -0.4 is 64.2 Å². The molecule has 4 aromatic carbocycles. The molecule has 13 rings (SSSR count). The Morgan fingerprint density at radius 3 is 1.56 bits per heavy atom. The maximum Gasteiger partial charge on any atom is 0.421 e. The number of carbonyl (C=O) groups excluding carboxylic acids is 2. The number of hydrogen-bond donors (Lipinski definition) is 11. The van der Waals surface area contributed by atoms with E-state index in [4.69, 9.17) is 33.7 Å². The van der Waals surface area contributed by atoms with Gasteiger partial charge in [0, 0.05) is 100 Å². The number of nitrogens with zero attached hydrogens (tertiary/aromatic N) is 14. The van der Waals surface area contributed by atoms with Crippen LogP contribution in [0.25, 0.3) is 11.3 Å². The number of alkyl halides is 6. The number of anilines is 14. The van der Waals surface area contributed by atoms with Crippen molar-refractivity contribution in [1.82, 2.24) is 84.9 Å². The molecule has 1 amide bonds. The lowest BCUT2D eigenvalue weighted by Crippen LogP contribution is -2.21. The van der Waals surface area contributed by atoms with Crippen LogP contribution in [0.15, 0.2) is 147 Å². The minimum atomic E-state index is -4.76. The van der Waals surface area contributed by atoms with Crippen molar-refractivity contribution in [2.45, 2.75) is 70.6 Å². The number of aromatic amines is 2. The zero-order valence-corrected chi connectivity index (χ0v) is 72.1. The fourth-order valence-corrected chi connectivity index (χ4v) is 15.0. The number of aryl methyl sites for hydroxylation is 1. The van der Waals surface area contributed by atoms with Crippen LogP contribution in [-0.4, -0.2) is 164 Å². The number of nitrogens with one attached hydrogen (secondary N) is 10. The topological polar surface area (TPSA) is 430 Å². The lowest BCUT2D eigenvalue weighted by Gasteiger charge is -2.14. The number of rotatable bonds is 27. The van der Waals surface area contributed by atoms with Gasteiger partial charge in [-0.3, -0.25) is 19.3 Å². The molecule has 120 heavy (non-hydrogen) atoms. The van der Waals surface area contributed by atoms with Crippen LogP contribution in [-0.2, 0) is 55.1 Å². The Bertz CT molecular complexity index is 5830. The first-order valence-corrected chi connectivity index (χ1v) is 47.9. The van der Waals surface area contributed by atoms with Crippen molar-refractivity contribution in [2.75, 3.05) is 104 Å². The molecule has 0 radical (unpaired) electrons. The summed E-state index contributed by atoms with van der Waals surface area (Å²) in [6, 6.07) is 30.8. The van der Waals surface area contributed by atoms with E-state index in [2.05, 4.69) is 127 Å². The summed E-state index contributed by atoms with van der Waals surface area (Å²) in [5, 5.41) is 42.1. The van der Waals surface area contributed by atoms with E-state index in [-0.39, 0.29) is 62.8 Å². The Labute approximate surface area is 696 Å². The van der Waals surface area contributed by atoms with Gasteiger partial charge in [-0.1, -0.05) is 49.2 Å². The number of hydrogen-bond acceptors (Lipinski definition) is 27. The van der Waals surface area contributed by atoms with E-state index in [9.17, 15) is 54.2 Å². The summed E-state index contributed by atoms with van der Waals surface area (Å²) in [6.45, 7) is 20.6. The van der Waals surface area contributed by atoms with E-state index in [1.54, 1.807) is 145 Å². The molecule has 8 aromatic heterocycles. The maximum absolute atomic E-state index is 13.6. The number of primary amides is 1. The van der Waals surface area contributed by atoms with Gasteiger partial charge in [-0.2, -0.15) is 56.6 Å². The largest absolute Gasteiger partial charge is 0.465 e. The molecule has 0 saturated heterocycles. The molecule has 12 N–H and O–H groups in total. The third-order valence-electron chi connectivity index (χ3n) is 17.5. The minimum absolute atomic E-state index is 0.0135. The molecule has 0 spiro atoms. The van der Waals surface area contributed by atoms with Gasteiger partial charge in [0.2, 0.25) is 23.8 Å². The van der Waals surface area contributed by atoms with Crippen molar-refractivity contribution in [3.63, 3.8) is 0 Å². The Morgan fingerprint density at radius 1 is 0.600 bits per heavy atom. The maximum atomic E-state index is 13.6. The number of nitrogens with two attached hydrogens (primary N) is 1.